The van der Waals surface area contributed by atoms with Gasteiger partial charge in [0.1, 0.15) is 17.7 Å². The van der Waals surface area contributed by atoms with Gasteiger partial charge in [-0.1, -0.05) is 6.07 Å². The Morgan fingerprint density at radius 3 is 2.38 bits per heavy atom. The highest BCUT2D eigenvalue weighted by Gasteiger charge is 2.44. The molecule has 0 N–H and O–H groups in total. The van der Waals surface area contributed by atoms with E-state index in [-0.39, 0.29) is 40.9 Å². The van der Waals surface area contributed by atoms with Gasteiger partial charge in [0.05, 0.1) is 17.3 Å². The monoisotopic (exact) mass is 401 g/mol. The second-order valence-corrected chi connectivity index (χ2v) is 8.62. The maximum Gasteiger partial charge on any atom is 0.410 e. The molecule has 8 heteroatoms. The second kappa shape index (κ2) is 7.17. The number of ether oxygens (including phenoxy) is 1. The molecule has 2 fully saturated rings. The molecule has 154 valence electrons. The summed E-state index contributed by atoms with van der Waals surface area (Å²) in [6, 6.07) is 4.38. The van der Waals surface area contributed by atoms with Crippen LogP contribution in [0.25, 0.3) is 11.5 Å². The molecule has 7 nitrogen and oxygen atoms in total. The van der Waals surface area contributed by atoms with Crippen molar-refractivity contribution < 1.29 is 23.1 Å². The zero-order chi connectivity index (χ0) is 20.8. The fraction of sp³-hybridized carbons (Fsp3) is 0.476. The van der Waals surface area contributed by atoms with Gasteiger partial charge in [0.15, 0.2) is 0 Å². The Labute approximate surface area is 168 Å². The third-order valence-electron chi connectivity index (χ3n) is 5.32. The molecule has 1 aromatic carbocycles. The summed E-state index contributed by atoms with van der Waals surface area (Å²) in [6.07, 6.45) is 2.45. The lowest BCUT2D eigenvalue weighted by molar-refractivity contribution is 0.0275. The Hall–Kier alpha value is -2.90. The lowest BCUT2D eigenvalue weighted by Gasteiger charge is -2.26. The molecular weight excluding hydrogens is 377 g/mol. The Morgan fingerprint density at radius 1 is 1.14 bits per heavy atom. The topological polar surface area (TPSA) is 75.9 Å². The number of likely N-dealkylation sites (tertiary alicyclic amines) is 2. The number of carbonyl (C=O) groups excluding carboxylic acids is 2. The molecule has 0 radical (unpaired) electrons. The molecule has 4 rings (SSSR count). The van der Waals surface area contributed by atoms with Gasteiger partial charge in [-0.05, 0) is 32.9 Å². The summed E-state index contributed by atoms with van der Waals surface area (Å²) >= 11 is 0. The van der Waals surface area contributed by atoms with E-state index in [9.17, 15) is 14.0 Å². The van der Waals surface area contributed by atoms with E-state index in [1.165, 1.54) is 24.6 Å². The zero-order valence-corrected chi connectivity index (χ0v) is 16.7. The van der Waals surface area contributed by atoms with Gasteiger partial charge in [-0.15, -0.1) is 0 Å². The highest BCUT2D eigenvalue weighted by atomic mass is 19.1. The number of fused-ring (bicyclic) bond motifs is 1. The van der Waals surface area contributed by atoms with E-state index in [2.05, 4.69) is 4.98 Å². The highest BCUT2D eigenvalue weighted by molar-refractivity contribution is 6.00. The first kappa shape index (κ1) is 19.4. The fourth-order valence-electron chi connectivity index (χ4n) is 4.07. The Kier molecular flexibility index (Phi) is 4.80. The Bertz CT molecular complexity index is 909. The Balaban J connectivity index is 1.47. The van der Waals surface area contributed by atoms with E-state index in [0.717, 1.165) is 0 Å². The minimum atomic E-state index is -0.547. The highest BCUT2D eigenvalue weighted by Crippen LogP contribution is 2.34. The average molecular weight is 401 g/mol. The molecule has 3 heterocycles. The molecule has 0 aliphatic carbocycles. The number of hydrogen-bond acceptors (Lipinski definition) is 5. The van der Waals surface area contributed by atoms with Crippen molar-refractivity contribution in [2.45, 2.75) is 26.4 Å². The standard InChI is InChI=1S/C21H24FN3O4/c1-21(2,3)29-20(27)25-11-13-9-24(10-14(13)12-25)19(26)15-5-4-6-16(22)17(15)18-23-7-8-28-18/h4-8,13-14H,9-12H2,1-3H3. The molecule has 29 heavy (non-hydrogen) atoms. The lowest BCUT2D eigenvalue weighted by Crippen LogP contribution is -2.38. The van der Waals surface area contributed by atoms with Crippen LogP contribution in [0.5, 0.6) is 0 Å². The smallest absolute Gasteiger partial charge is 0.410 e. The van der Waals surface area contributed by atoms with E-state index in [4.69, 9.17) is 9.15 Å². The lowest BCUT2D eigenvalue weighted by atomic mass is 10.0. The third kappa shape index (κ3) is 3.83. The van der Waals surface area contributed by atoms with Gasteiger partial charge in [-0.2, -0.15) is 0 Å². The van der Waals surface area contributed by atoms with Crippen LogP contribution in [0.1, 0.15) is 31.1 Å². The van der Waals surface area contributed by atoms with Crippen LogP contribution in [-0.4, -0.2) is 58.6 Å². The zero-order valence-electron chi connectivity index (χ0n) is 16.7. The molecule has 2 aliphatic heterocycles. The summed E-state index contributed by atoms with van der Waals surface area (Å²) in [5.74, 6) is -0.345. The summed E-state index contributed by atoms with van der Waals surface area (Å²) < 4.78 is 25.1. The number of carbonyl (C=O) groups is 2. The first-order chi connectivity index (χ1) is 13.7. The number of amides is 2. The van der Waals surface area contributed by atoms with E-state index in [1.54, 1.807) is 15.9 Å². The van der Waals surface area contributed by atoms with Crippen LogP contribution in [0.15, 0.2) is 35.1 Å². The molecule has 2 amide bonds. The second-order valence-electron chi connectivity index (χ2n) is 8.62. The van der Waals surface area contributed by atoms with Crippen LogP contribution in [0.2, 0.25) is 0 Å². The van der Waals surface area contributed by atoms with Crippen molar-refractivity contribution in [2.75, 3.05) is 26.2 Å². The number of hydrogen-bond donors (Lipinski definition) is 0. The number of rotatable bonds is 2. The van der Waals surface area contributed by atoms with Crippen LogP contribution < -0.4 is 0 Å². The summed E-state index contributed by atoms with van der Waals surface area (Å²) in [6.45, 7) is 7.67. The van der Waals surface area contributed by atoms with Gasteiger partial charge in [0, 0.05) is 38.0 Å². The SMILES string of the molecule is CC(C)(C)OC(=O)N1CC2CN(C(=O)c3cccc(F)c3-c3ncco3)CC2C1. The molecule has 0 bridgehead atoms. The van der Waals surface area contributed by atoms with Gasteiger partial charge in [-0.25, -0.2) is 14.2 Å². The Morgan fingerprint density at radius 2 is 1.79 bits per heavy atom. The van der Waals surface area contributed by atoms with Crippen molar-refractivity contribution in [2.24, 2.45) is 11.8 Å². The van der Waals surface area contributed by atoms with E-state index in [0.29, 0.717) is 26.2 Å². The van der Waals surface area contributed by atoms with Crippen molar-refractivity contribution in [3.8, 4) is 11.5 Å². The first-order valence-electron chi connectivity index (χ1n) is 9.68. The number of halogens is 1. The maximum absolute atomic E-state index is 14.4. The average Bonchev–Trinajstić information content (AvgIpc) is 3.35. The van der Waals surface area contributed by atoms with Crippen LogP contribution in [0, 0.1) is 17.7 Å². The first-order valence-corrected chi connectivity index (χ1v) is 9.68. The predicted molar refractivity (Wildman–Crippen MR) is 103 cm³/mol. The molecule has 2 aliphatic rings. The van der Waals surface area contributed by atoms with Crippen LogP contribution >= 0.6 is 0 Å². The number of benzene rings is 1. The fourth-order valence-corrected chi connectivity index (χ4v) is 4.07. The molecule has 2 atom stereocenters. The number of oxazole rings is 1. The number of aromatic nitrogens is 1. The largest absolute Gasteiger partial charge is 0.444 e. The predicted octanol–water partition coefficient (Wildman–Crippen LogP) is 3.42. The quantitative estimate of drug-likeness (QED) is 0.771. The molecule has 2 saturated heterocycles. The summed E-state index contributed by atoms with van der Waals surface area (Å²) in [5, 5.41) is 0. The van der Waals surface area contributed by atoms with Gasteiger partial charge in [-0.3, -0.25) is 4.79 Å². The van der Waals surface area contributed by atoms with Crippen molar-refractivity contribution >= 4 is 12.0 Å². The van der Waals surface area contributed by atoms with Gasteiger partial charge < -0.3 is 19.0 Å². The van der Waals surface area contributed by atoms with E-state index in [1.807, 2.05) is 20.8 Å². The van der Waals surface area contributed by atoms with Crippen LogP contribution in [0.4, 0.5) is 9.18 Å². The molecule has 0 saturated carbocycles. The molecular formula is C21H24FN3O4. The van der Waals surface area contributed by atoms with E-state index < -0.39 is 11.4 Å². The minimum absolute atomic E-state index is 0.0786. The molecule has 1 aromatic heterocycles. The number of nitrogens with zero attached hydrogens (tertiary/aromatic N) is 3. The molecule has 0 spiro atoms. The molecule has 2 aromatic rings. The van der Waals surface area contributed by atoms with Crippen molar-refractivity contribution in [1.82, 2.24) is 14.8 Å². The third-order valence-corrected chi connectivity index (χ3v) is 5.32. The summed E-state index contributed by atoms with van der Waals surface area (Å²) in [5.41, 5.74) is -0.226. The van der Waals surface area contributed by atoms with E-state index >= 15 is 0 Å². The van der Waals surface area contributed by atoms with Gasteiger partial charge in [0.2, 0.25) is 5.89 Å². The van der Waals surface area contributed by atoms with Crippen LogP contribution in [0.3, 0.4) is 0 Å². The minimum Gasteiger partial charge on any atom is -0.444 e. The normalized spacial score (nSPS) is 21.4. The maximum atomic E-state index is 14.4. The van der Waals surface area contributed by atoms with Crippen molar-refractivity contribution in [3.63, 3.8) is 0 Å². The van der Waals surface area contributed by atoms with Gasteiger partial charge in [0.25, 0.3) is 5.91 Å². The van der Waals surface area contributed by atoms with Gasteiger partial charge >= 0.3 is 6.09 Å². The van der Waals surface area contributed by atoms with Crippen LogP contribution in [-0.2, 0) is 4.74 Å². The van der Waals surface area contributed by atoms with Crippen molar-refractivity contribution in [1.29, 1.82) is 0 Å². The summed E-state index contributed by atoms with van der Waals surface area (Å²) in [7, 11) is 0. The van der Waals surface area contributed by atoms with Crippen molar-refractivity contribution in [3.05, 3.63) is 42.0 Å². The molecule has 2 unspecified atom stereocenters. The summed E-state index contributed by atoms with van der Waals surface area (Å²) in [4.78, 5) is 32.9.